The van der Waals surface area contributed by atoms with Crippen molar-refractivity contribution in [1.29, 1.82) is 0 Å². The van der Waals surface area contributed by atoms with Gasteiger partial charge in [0.1, 0.15) is 6.61 Å². The van der Waals surface area contributed by atoms with Crippen LogP contribution in [0.25, 0.3) is 0 Å². The van der Waals surface area contributed by atoms with E-state index in [-0.39, 0.29) is 0 Å². The first kappa shape index (κ1) is 22.2. The quantitative estimate of drug-likeness (QED) is 0.412. The molecule has 0 aliphatic carbocycles. The van der Waals surface area contributed by atoms with Crippen LogP contribution in [-0.4, -0.2) is 13.2 Å². The van der Waals surface area contributed by atoms with Gasteiger partial charge in [-0.3, -0.25) is 0 Å². The molecule has 0 spiro atoms. The summed E-state index contributed by atoms with van der Waals surface area (Å²) in [5.74, 6) is 1.24. The van der Waals surface area contributed by atoms with Crippen molar-refractivity contribution in [2.24, 2.45) is 0 Å². The summed E-state index contributed by atoms with van der Waals surface area (Å²) in [6.07, 6.45) is 2.14. The zero-order valence-electron chi connectivity index (χ0n) is 18.0. The fraction of sp³-hybridized carbons (Fsp3) is 0.308. The van der Waals surface area contributed by atoms with Crippen LogP contribution in [-0.2, 0) is 19.6 Å². The molecule has 0 heterocycles. The molecule has 1 N–H and O–H groups in total. The lowest BCUT2D eigenvalue weighted by molar-refractivity contribution is 0.284. The number of methoxy groups -OCH3 is 1. The van der Waals surface area contributed by atoms with Crippen molar-refractivity contribution < 1.29 is 9.47 Å². The molecule has 1 atom stereocenters. The van der Waals surface area contributed by atoms with Crippen LogP contribution in [0.1, 0.15) is 35.6 Å². The van der Waals surface area contributed by atoms with Crippen molar-refractivity contribution >= 4 is 11.6 Å². The third-order valence-corrected chi connectivity index (χ3v) is 5.57. The topological polar surface area (TPSA) is 30.5 Å². The minimum atomic E-state index is 0.395. The minimum absolute atomic E-state index is 0.395. The second-order valence-corrected chi connectivity index (χ2v) is 8.04. The molecule has 0 bridgehead atoms. The lowest BCUT2D eigenvalue weighted by Crippen LogP contribution is -2.26. The molecule has 30 heavy (non-hydrogen) atoms. The average Bonchev–Trinajstić information content (AvgIpc) is 2.77. The van der Waals surface area contributed by atoms with Gasteiger partial charge in [0.25, 0.3) is 0 Å². The number of hydrogen-bond donors (Lipinski definition) is 1. The maximum atomic E-state index is 6.54. The van der Waals surface area contributed by atoms with E-state index in [1.807, 2.05) is 24.3 Å². The fourth-order valence-corrected chi connectivity index (χ4v) is 3.65. The molecule has 4 heteroatoms. The Morgan fingerprint density at radius 1 is 0.967 bits per heavy atom. The summed E-state index contributed by atoms with van der Waals surface area (Å²) in [5, 5.41) is 4.14. The number of ether oxygens (including phenoxy) is 2. The van der Waals surface area contributed by atoms with E-state index in [4.69, 9.17) is 21.1 Å². The van der Waals surface area contributed by atoms with Crippen LogP contribution in [0.2, 0.25) is 5.02 Å². The first-order chi connectivity index (χ1) is 14.6. The number of rotatable bonds is 10. The predicted molar refractivity (Wildman–Crippen MR) is 125 cm³/mol. The van der Waals surface area contributed by atoms with Gasteiger partial charge in [-0.05, 0) is 61.1 Å². The van der Waals surface area contributed by atoms with Gasteiger partial charge >= 0.3 is 0 Å². The molecule has 0 fully saturated rings. The monoisotopic (exact) mass is 423 g/mol. The summed E-state index contributed by atoms with van der Waals surface area (Å²) in [6.45, 7) is 5.47. The Hall–Kier alpha value is -2.49. The highest BCUT2D eigenvalue weighted by atomic mass is 35.5. The zero-order valence-corrected chi connectivity index (χ0v) is 18.7. The van der Waals surface area contributed by atoms with E-state index in [0.29, 0.717) is 29.2 Å². The van der Waals surface area contributed by atoms with Crippen molar-refractivity contribution in [3.8, 4) is 11.5 Å². The molecule has 0 saturated carbocycles. The van der Waals surface area contributed by atoms with Crippen LogP contribution in [0, 0.1) is 6.92 Å². The average molecular weight is 424 g/mol. The fourth-order valence-electron chi connectivity index (χ4n) is 3.36. The van der Waals surface area contributed by atoms with Crippen molar-refractivity contribution in [2.45, 2.75) is 45.9 Å². The van der Waals surface area contributed by atoms with Crippen molar-refractivity contribution in [1.82, 2.24) is 5.32 Å². The van der Waals surface area contributed by atoms with Crippen LogP contribution < -0.4 is 14.8 Å². The Labute approximate surface area is 185 Å². The van der Waals surface area contributed by atoms with Gasteiger partial charge in [-0.25, -0.2) is 0 Å². The summed E-state index contributed by atoms with van der Waals surface area (Å²) in [7, 11) is 1.64. The van der Waals surface area contributed by atoms with E-state index in [1.165, 1.54) is 11.1 Å². The third-order valence-electron chi connectivity index (χ3n) is 5.29. The Balaban J connectivity index is 1.58. The van der Waals surface area contributed by atoms with Gasteiger partial charge in [0.15, 0.2) is 11.5 Å². The van der Waals surface area contributed by atoms with Gasteiger partial charge < -0.3 is 14.8 Å². The lowest BCUT2D eigenvalue weighted by atomic mass is 10.1. The van der Waals surface area contributed by atoms with Gasteiger partial charge in [-0.2, -0.15) is 0 Å². The van der Waals surface area contributed by atoms with E-state index in [9.17, 15) is 0 Å². The van der Waals surface area contributed by atoms with Gasteiger partial charge in [-0.15, -0.1) is 0 Å². The number of halogens is 1. The first-order valence-corrected chi connectivity index (χ1v) is 10.8. The molecular formula is C26H30ClNO2. The van der Waals surface area contributed by atoms with Gasteiger partial charge in [0.2, 0.25) is 0 Å². The maximum Gasteiger partial charge on any atom is 0.180 e. The molecule has 0 unspecified atom stereocenters. The highest BCUT2D eigenvalue weighted by molar-refractivity contribution is 6.32. The van der Waals surface area contributed by atoms with E-state index in [0.717, 1.165) is 30.5 Å². The van der Waals surface area contributed by atoms with Crippen LogP contribution >= 0.6 is 11.6 Å². The summed E-state index contributed by atoms with van der Waals surface area (Å²) in [6, 6.07) is 23.1. The minimum Gasteiger partial charge on any atom is -0.493 e. The highest BCUT2D eigenvalue weighted by Gasteiger charge is 2.13. The number of nitrogens with one attached hydrogen (secondary N) is 1. The summed E-state index contributed by atoms with van der Waals surface area (Å²) >= 11 is 6.54. The molecule has 0 amide bonds. The molecule has 3 rings (SSSR count). The Bertz CT molecular complexity index is 943. The number of aryl methyl sites for hydroxylation is 2. The second kappa shape index (κ2) is 11.1. The molecule has 0 aliphatic heterocycles. The SMILES string of the molecule is COc1cc(CN[C@H](C)CCc2ccccc2)cc(Cl)c1OCc1ccccc1C. The van der Waals surface area contributed by atoms with Crippen LogP contribution in [0.3, 0.4) is 0 Å². The Kier molecular flexibility index (Phi) is 8.18. The van der Waals surface area contributed by atoms with E-state index in [1.54, 1.807) is 7.11 Å². The lowest BCUT2D eigenvalue weighted by Gasteiger charge is -2.17. The van der Waals surface area contributed by atoms with E-state index in [2.05, 4.69) is 61.6 Å². The Morgan fingerprint density at radius 3 is 2.43 bits per heavy atom. The molecule has 3 aromatic carbocycles. The molecule has 0 aliphatic rings. The molecule has 3 aromatic rings. The zero-order chi connectivity index (χ0) is 21.3. The molecule has 0 aromatic heterocycles. The highest BCUT2D eigenvalue weighted by Crippen LogP contribution is 2.37. The maximum absolute atomic E-state index is 6.54. The number of benzene rings is 3. The van der Waals surface area contributed by atoms with E-state index >= 15 is 0 Å². The number of hydrogen-bond acceptors (Lipinski definition) is 3. The van der Waals surface area contributed by atoms with Gasteiger partial charge in [-0.1, -0.05) is 66.2 Å². The Morgan fingerprint density at radius 2 is 1.70 bits per heavy atom. The van der Waals surface area contributed by atoms with E-state index < -0.39 is 0 Å². The van der Waals surface area contributed by atoms with Crippen LogP contribution in [0.5, 0.6) is 11.5 Å². The predicted octanol–water partition coefficient (Wildman–Crippen LogP) is 6.35. The molecule has 0 saturated heterocycles. The third kappa shape index (κ3) is 6.25. The standard InChI is InChI=1S/C26H30ClNO2/c1-19-9-7-8-12-23(19)18-30-26-24(27)15-22(16-25(26)29-3)17-28-20(2)13-14-21-10-5-4-6-11-21/h4-12,15-16,20,28H,13-14,17-18H2,1-3H3/t20-/m1/s1. The second-order valence-electron chi connectivity index (χ2n) is 7.63. The van der Waals surface area contributed by atoms with Gasteiger partial charge in [0, 0.05) is 12.6 Å². The summed E-state index contributed by atoms with van der Waals surface area (Å²) < 4.78 is 11.6. The largest absolute Gasteiger partial charge is 0.493 e. The normalized spacial score (nSPS) is 11.9. The van der Waals surface area contributed by atoms with Crippen LogP contribution in [0.15, 0.2) is 66.7 Å². The van der Waals surface area contributed by atoms with Crippen molar-refractivity contribution in [2.75, 3.05) is 7.11 Å². The molecular weight excluding hydrogens is 394 g/mol. The van der Waals surface area contributed by atoms with Crippen LogP contribution in [0.4, 0.5) is 0 Å². The molecule has 3 nitrogen and oxygen atoms in total. The van der Waals surface area contributed by atoms with Crippen molar-refractivity contribution in [3.05, 3.63) is 94.0 Å². The summed E-state index contributed by atoms with van der Waals surface area (Å²) in [5.41, 5.74) is 4.77. The molecule has 158 valence electrons. The summed E-state index contributed by atoms with van der Waals surface area (Å²) in [4.78, 5) is 0. The first-order valence-electron chi connectivity index (χ1n) is 10.4. The van der Waals surface area contributed by atoms with Crippen molar-refractivity contribution in [3.63, 3.8) is 0 Å². The molecule has 0 radical (unpaired) electrons. The van der Waals surface area contributed by atoms with Gasteiger partial charge in [0.05, 0.1) is 12.1 Å². The smallest absolute Gasteiger partial charge is 0.180 e.